The summed E-state index contributed by atoms with van der Waals surface area (Å²) in [5.74, 6) is -0.568. The molecule has 4 aromatic rings. The Hall–Kier alpha value is -3.52. The van der Waals surface area contributed by atoms with E-state index in [9.17, 15) is 17.2 Å². The van der Waals surface area contributed by atoms with Gasteiger partial charge in [0, 0.05) is 12.7 Å². The van der Waals surface area contributed by atoms with Crippen LogP contribution < -0.4 is 10.6 Å². The highest BCUT2D eigenvalue weighted by molar-refractivity contribution is 7.89. The Bertz CT molecular complexity index is 1370. The van der Waals surface area contributed by atoms with Crippen LogP contribution in [0.4, 0.5) is 25.5 Å². The molecule has 10 nitrogen and oxygen atoms in total. The Morgan fingerprint density at radius 3 is 2.65 bits per heavy atom. The van der Waals surface area contributed by atoms with E-state index < -0.39 is 21.9 Å². The third kappa shape index (κ3) is 4.06. The van der Waals surface area contributed by atoms with Crippen molar-refractivity contribution in [3.8, 4) is 10.6 Å². The van der Waals surface area contributed by atoms with Gasteiger partial charge in [-0.2, -0.15) is 17.8 Å². The van der Waals surface area contributed by atoms with Gasteiger partial charge in [0.25, 0.3) is 10.0 Å². The van der Waals surface area contributed by atoms with Crippen molar-refractivity contribution in [2.24, 2.45) is 0 Å². The minimum absolute atomic E-state index is 0.0524. The van der Waals surface area contributed by atoms with Crippen LogP contribution in [0, 0.1) is 18.8 Å². The molecule has 0 radical (unpaired) electrons. The Balaban J connectivity index is 1.66. The summed E-state index contributed by atoms with van der Waals surface area (Å²) in [7, 11) is -2.44. The third-order valence-electron chi connectivity index (χ3n) is 4.05. The van der Waals surface area contributed by atoms with Crippen molar-refractivity contribution < 1.29 is 17.2 Å². The largest absolute Gasteiger partial charge is 0.365 e. The molecule has 0 saturated heterocycles. The summed E-state index contributed by atoms with van der Waals surface area (Å²) < 4.78 is 53.0. The van der Waals surface area contributed by atoms with Crippen molar-refractivity contribution in [1.82, 2.24) is 29.1 Å². The Labute approximate surface area is 179 Å². The second-order valence-corrected chi connectivity index (χ2v) is 8.91. The SMILES string of the molecule is CNc1nc(C)c(-c2nc(Nc3cccc(S(=O)(=O)n4cnc(F)n4)c3)ncc2F)s1. The smallest absolute Gasteiger partial charge is 0.328 e. The molecule has 0 amide bonds. The van der Waals surface area contributed by atoms with Gasteiger partial charge in [-0.05, 0) is 25.1 Å². The molecule has 0 aliphatic carbocycles. The van der Waals surface area contributed by atoms with Crippen LogP contribution in [-0.2, 0) is 10.0 Å². The highest BCUT2D eigenvalue weighted by Crippen LogP contribution is 2.33. The van der Waals surface area contributed by atoms with Crippen LogP contribution in [0.2, 0.25) is 0 Å². The molecule has 1 aromatic carbocycles. The van der Waals surface area contributed by atoms with Crippen LogP contribution in [0.3, 0.4) is 0 Å². The molecule has 0 bridgehead atoms. The van der Waals surface area contributed by atoms with Gasteiger partial charge in [0.15, 0.2) is 10.9 Å². The van der Waals surface area contributed by atoms with Crippen LogP contribution in [-0.4, -0.2) is 44.6 Å². The predicted octanol–water partition coefficient (Wildman–Crippen LogP) is 2.80. The molecular formula is C17H14F2N8O2S2. The van der Waals surface area contributed by atoms with E-state index in [1.807, 2.05) is 0 Å². The zero-order valence-electron chi connectivity index (χ0n) is 16.0. The normalized spacial score (nSPS) is 11.5. The molecule has 14 heteroatoms. The number of aryl methyl sites for hydroxylation is 1. The number of aromatic nitrogens is 6. The van der Waals surface area contributed by atoms with E-state index in [-0.39, 0.29) is 16.5 Å². The molecule has 160 valence electrons. The molecule has 0 spiro atoms. The van der Waals surface area contributed by atoms with Gasteiger partial charge in [-0.25, -0.2) is 19.3 Å². The zero-order valence-corrected chi connectivity index (χ0v) is 17.7. The molecule has 0 aliphatic heterocycles. The average Bonchev–Trinajstić information content (AvgIpc) is 3.35. The van der Waals surface area contributed by atoms with Gasteiger partial charge in [0.2, 0.25) is 5.95 Å². The second kappa shape index (κ2) is 7.96. The summed E-state index contributed by atoms with van der Waals surface area (Å²) in [5.41, 5.74) is 0.984. The minimum Gasteiger partial charge on any atom is -0.365 e. The Kier molecular flexibility index (Phi) is 5.32. The molecule has 0 unspecified atom stereocenters. The van der Waals surface area contributed by atoms with Crippen LogP contribution in [0.25, 0.3) is 10.6 Å². The fourth-order valence-corrected chi connectivity index (χ4v) is 4.63. The van der Waals surface area contributed by atoms with Gasteiger partial charge in [0.05, 0.1) is 21.7 Å². The van der Waals surface area contributed by atoms with Crippen molar-refractivity contribution >= 4 is 38.1 Å². The fourth-order valence-electron chi connectivity index (χ4n) is 2.63. The number of hydrogen-bond acceptors (Lipinski definition) is 10. The fraction of sp³-hybridized carbons (Fsp3) is 0.118. The average molecular weight is 464 g/mol. The number of benzene rings is 1. The first kappa shape index (κ1) is 20.7. The molecule has 0 atom stereocenters. The summed E-state index contributed by atoms with van der Waals surface area (Å²) in [6.07, 6.45) is 0.614. The first-order valence-electron chi connectivity index (χ1n) is 8.66. The van der Waals surface area contributed by atoms with E-state index in [2.05, 4.69) is 35.7 Å². The van der Waals surface area contributed by atoms with E-state index in [0.717, 1.165) is 12.5 Å². The topological polar surface area (TPSA) is 128 Å². The summed E-state index contributed by atoms with van der Waals surface area (Å²) >= 11 is 1.24. The van der Waals surface area contributed by atoms with E-state index in [0.29, 0.717) is 25.5 Å². The molecule has 0 saturated carbocycles. The quantitative estimate of drug-likeness (QED) is 0.443. The summed E-state index contributed by atoms with van der Waals surface area (Å²) in [4.78, 5) is 16.0. The van der Waals surface area contributed by atoms with Crippen LogP contribution >= 0.6 is 11.3 Å². The molecule has 4 rings (SSSR count). The number of nitrogens with one attached hydrogen (secondary N) is 2. The number of hydrogen-bond donors (Lipinski definition) is 2. The Morgan fingerprint density at radius 2 is 1.97 bits per heavy atom. The lowest BCUT2D eigenvalue weighted by atomic mass is 10.3. The van der Waals surface area contributed by atoms with Crippen LogP contribution in [0.1, 0.15) is 5.69 Å². The molecule has 0 aliphatic rings. The van der Waals surface area contributed by atoms with E-state index in [1.54, 1.807) is 20.0 Å². The van der Waals surface area contributed by atoms with Gasteiger partial charge in [0.1, 0.15) is 12.0 Å². The van der Waals surface area contributed by atoms with Crippen molar-refractivity contribution in [1.29, 1.82) is 0 Å². The second-order valence-electron chi connectivity index (χ2n) is 6.12. The van der Waals surface area contributed by atoms with Gasteiger partial charge in [-0.15, -0.1) is 9.19 Å². The molecular weight excluding hydrogens is 450 g/mol. The maximum Gasteiger partial charge on any atom is 0.328 e. The van der Waals surface area contributed by atoms with E-state index in [4.69, 9.17) is 0 Å². The van der Waals surface area contributed by atoms with Gasteiger partial charge in [-0.1, -0.05) is 17.4 Å². The standard InChI is InChI=1S/C17H14F2N8O2S2/c1-9-14(30-17(20-2)23-9)13-12(18)7-21-16(25-13)24-10-4-3-5-11(6-10)31(28,29)27-8-22-15(19)26-27/h3-8H,1-2H3,(H,20,23)(H,21,24,25). The first-order valence-corrected chi connectivity index (χ1v) is 10.9. The zero-order chi connectivity index (χ0) is 22.2. The van der Waals surface area contributed by atoms with Crippen molar-refractivity contribution in [3.63, 3.8) is 0 Å². The highest BCUT2D eigenvalue weighted by atomic mass is 32.2. The van der Waals surface area contributed by atoms with Crippen LogP contribution in [0.5, 0.6) is 0 Å². The van der Waals surface area contributed by atoms with E-state index in [1.165, 1.54) is 29.5 Å². The minimum atomic E-state index is -4.15. The first-order chi connectivity index (χ1) is 14.8. The van der Waals surface area contributed by atoms with Crippen molar-refractivity contribution in [3.05, 3.63) is 54.4 Å². The van der Waals surface area contributed by atoms with E-state index >= 15 is 0 Å². The number of thiazole rings is 1. The number of nitrogens with zero attached hydrogens (tertiary/aromatic N) is 6. The van der Waals surface area contributed by atoms with Gasteiger partial charge < -0.3 is 10.6 Å². The maximum atomic E-state index is 14.4. The summed E-state index contributed by atoms with van der Waals surface area (Å²) in [6, 6.07) is 5.65. The number of anilines is 3. The third-order valence-corrected chi connectivity index (χ3v) is 6.75. The number of rotatable bonds is 6. The van der Waals surface area contributed by atoms with Crippen molar-refractivity contribution in [2.75, 3.05) is 17.7 Å². The lowest BCUT2D eigenvalue weighted by molar-refractivity contribution is 0.531. The number of halogens is 2. The monoisotopic (exact) mass is 464 g/mol. The lowest BCUT2D eigenvalue weighted by Crippen LogP contribution is -2.14. The molecule has 2 N–H and O–H groups in total. The van der Waals surface area contributed by atoms with Gasteiger partial charge in [-0.3, -0.25) is 0 Å². The summed E-state index contributed by atoms with van der Waals surface area (Å²) in [6.45, 7) is 1.74. The van der Waals surface area contributed by atoms with Crippen molar-refractivity contribution in [2.45, 2.75) is 11.8 Å². The van der Waals surface area contributed by atoms with Crippen LogP contribution in [0.15, 0.2) is 41.7 Å². The predicted molar refractivity (Wildman–Crippen MR) is 110 cm³/mol. The van der Waals surface area contributed by atoms with Gasteiger partial charge >= 0.3 is 6.08 Å². The maximum absolute atomic E-state index is 14.4. The lowest BCUT2D eigenvalue weighted by Gasteiger charge is -2.09. The molecule has 3 heterocycles. The Morgan fingerprint density at radius 1 is 1.16 bits per heavy atom. The molecule has 0 fully saturated rings. The highest BCUT2D eigenvalue weighted by Gasteiger charge is 2.20. The molecule has 3 aromatic heterocycles. The molecule has 31 heavy (non-hydrogen) atoms. The summed E-state index contributed by atoms with van der Waals surface area (Å²) in [5, 5.41) is 9.56.